The highest BCUT2D eigenvalue weighted by molar-refractivity contribution is 6.03. The maximum Gasteiger partial charge on any atom is 0.275 e. The van der Waals surface area contributed by atoms with Gasteiger partial charge < -0.3 is 15.2 Å². The van der Waals surface area contributed by atoms with Crippen molar-refractivity contribution in [2.75, 3.05) is 10.6 Å². The van der Waals surface area contributed by atoms with Gasteiger partial charge in [0.05, 0.1) is 11.6 Å². The highest BCUT2D eigenvalue weighted by Gasteiger charge is 2.15. The van der Waals surface area contributed by atoms with Gasteiger partial charge in [0.15, 0.2) is 11.6 Å². The summed E-state index contributed by atoms with van der Waals surface area (Å²) in [6.07, 6.45) is 0. The lowest BCUT2D eigenvalue weighted by Crippen LogP contribution is -2.15. The first-order valence-corrected chi connectivity index (χ1v) is 9.07. The second-order valence-corrected chi connectivity index (χ2v) is 6.42. The number of rotatable bonds is 5. The molecule has 2 N–H and O–H groups in total. The van der Waals surface area contributed by atoms with E-state index >= 15 is 0 Å². The maximum absolute atomic E-state index is 12.7. The Labute approximate surface area is 172 Å². The molecule has 0 radical (unpaired) electrons. The van der Waals surface area contributed by atoms with Gasteiger partial charge in [0.2, 0.25) is 0 Å². The van der Waals surface area contributed by atoms with E-state index in [1.807, 2.05) is 30.3 Å². The number of amides is 1. The lowest BCUT2D eigenvalue weighted by Gasteiger charge is -2.10. The van der Waals surface area contributed by atoms with Gasteiger partial charge in [-0.2, -0.15) is 5.26 Å². The minimum Gasteiger partial charge on any atom is -0.360 e. The lowest BCUT2D eigenvalue weighted by molar-refractivity contribution is 0.102. The predicted molar refractivity (Wildman–Crippen MR) is 111 cm³/mol. The van der Waals surface area contributed by atoms with Gasteiger partial charge in [0.25, 0.3) is 5.91 Å². The Balaban J connectivity index is 1.68. The molecule has 0 aliphatic carbocycles. The second-order valence-electron chi connectivity index (χ2n) is 6.42. The van der Waals surface area contributed by atoms with E-state index in [-0.39, 0.29) is 5.69 Å². The van der Waals surface area contributed by atoms with Gasteiger partial charge in [-0.25, -0.2) is 9.97 Å². The summed E-state index contributed by atoms with van der Waals surface area (Å²) < 4.78 is 4.98. The van der Waals surface area contributed by atoms with Gasteiger partial charge in [-0.15, -0.1) is 0 Å². The van der Waals surface area contributed by atoms with Crippen molar-refractivity contribution in [3.63, 3.8) is 0 Å². The normalized spacial score (nSPS) is 10.3. The van der Waals surface area contributed by atoms with Crippen molar-refractivity contribution in [2.24, 2.45) is 0 Å². The molecule has 0 saturated heterocycles. The molecule has 0 atom stereocenters. The monoisotopic (exact) mass is 396 g/mol. The maximum atomic E-state index is 12.7. The fraction of sp³-hybridized carbons (Fsp3) is 0.0455. The molecule has 8 nitrogen and oxygen atoms in total. The van der Waals surface area contributed by atoms with Gasteiger partial charge >= 0.3 is 0 Å². The Bertz CT molecular complexity index is 1230. The summed E-state index contributed by atoms with van der Waals surface area (Å²) in [7, 11) is 0. The average Bonchev–Trinajstić information content (AvgIpc) is 3.19. The first kappa shape index (κ1) is 18.8. The third kappa shape index (κ3) is 4.31. The fourth-order valence-electron chi connectivity index (χ4n) is 2.73. The number of carbonyl (C=O) groups excluding carboxylic acids is 1. The number of nitrogens with zero attached hydrogens (tertiary/aromatic N) is 4. The van der Waals surface area contributed by atoms with E-state index in [1.54, 1.807) is 43.3 Å². The van der Waals surface area contributed by atoms with Crippen LogP contribution in [0.5, 0.6) is 0 Å². The molecule has 4 aromatic rings. The van der Waals surface area contributed by atoms with Gasteiger partial charge in [0, 0.05) is 23.4 Å². The summed E-state index contributed by atoms with van der Waals surface area (Å²) in [5.41, 5.74) is 2.22. The van der Waals surface area contributed by atoms with Crippen LogP contribution in [0.3, 0.4) is 0 Å². The van der Waals surface area contributed by atoms with E-state index in [2.05, 4.69) is 31.8 Å². The number of nitriles is 1. The van der Waals surface area contributed by atoms with Crippen LogP contribution in [0, 0.1) is 18.3 Å². The first-order chi connectivity index (χ1) is 14.6. The van der Waals surface area contributed by atoms with Gasteiger partial charge in [0.1, 0.15) is 17.3 Å². The lowest BCUT2D eigenvalue weighted by atomic mass is 10.2. The number of nitrogens with one attached hydrogen (secondary N) is 2. The quantitative estimate of drug-likeness (QED) is 0.516. The SMILES string of the molecule is Cc1cc(NC(=O)c2cc(Nc3ccc(C#N)cc3)nc(-c3ccccc3)n2)no1. The molecule has 0 bridgehead atoms. The molecule has 0 fully saturated rings. The third-order valence-corrected chi connectivity index (χ3v) is 4.15. The van der Waals surface area contributed by atoms with Crippen molar-refractivity contribution >= 4 is 23.2 Å². The van der Waals surface area contributed by atoms with Crippen LogP contribution < -0.4 is 10.6 Å². The summed E-state index contributed by atoms with van der Waals surface area (Å²) in [5.74, 6) is 1.29. The van der Waals surface area contributed by atoms with E-state index in [0.29, 0.717) is 28.8 Å². The van der Waals surface area contributed by atoms with Crippen LogP contribution in [-0.4, -0.2) is 21.0 Å². The van der Waals surface area contributed by atoms with Crippen LogP contribution >= 0.6 is 0 Å². The van der Waals surface area contributed by atoms with E-state index in [0.717, 1.165) is 11.3 Å². The topological polar surface area (TPSA) is 117 Å². The summed E-state index contributed by atoms with van der Waals surface area (Å²) >= 11 is 0. The third-order valence-electron chi connectivity index (χ3n) is 4.15. The number of carbonyl (C=O) groups is 1. The molecule has 30 heavy (non-hydrogen) atoms. The zero-order valence-electron chi connectivity index (χ0n) is 16.0. The van der Waals surface area contributed by atoms with Crippen LogP contribution in [0.4, 0.5) is 17.3 Å². The van der Waals surface area contributed by atoms with Crippen molar-refractivity contribution in [1.82, 2.24) is 15.1 Å². The van der Waals surface area contributed by atoms with E-state index in [9.17, 15) is 4.79 Å². The summed E-state index contributed by atoms with van der Waals surface area (Å²) in [6, 6.07) is 21.5. The Morgan fingerprint density at radius 3 is 2.43 bits per heavy atom. The molecule has 1 amide bonds. The molecule has 0 unspecified atom stereocenters. The highest BCUT2D eigenvalue weighted by atomic mass is 16.5. The number of aromatic nitrogens is 3. The Morgan fingerprint density at radius 2 is 1.77 bits per heavy atom. The van der Waals surface area contributed by atoms with Crippen LogP contribution in [0.1, 0.15) is 21.8 Å². The molecular formula is C22H16N6O2. The number of benzene rings is 2. The van der Waals surface area contributed by atoms with Crippen molar-refractivity contribution in [3.8, 4) is 17.5 Å². The molecule has 4 rings (SSSR count). The molecule has 0 spiro atoms. The van der Waals surface area contributed by atoms with Crippen molar-refractivity contribution in [1.29, 1.82) is 5.26 Å². The Hall–Kier alpha value is -4.51. The minimum absolute atomic E-state index is 0.167. The minimum atomic E-state index is -0.439. The van der Waals surface area contributed by atoms with E-state index in [1.165, 1.54) is 0 Å². The number of hydrogen-bond donors (Lipinski definition) is 2. The van der Waals surface area contributed by atoms with Crippen molar-refractivity contribution in [2.45, 2.75) is 6.92 Å². The van der Waals surface area contributed by atoms with Gasteiger partial charge in [-0.05, 0) is 31.2 Å². The predicted octanol–water partition coefficient (Wildman–Crippen LogP) is 4.31. The fourth-order valence-corrected chi connectivity index (χ4v) is 2.73. The van der Waals surface area contributed by atoms with Crippen LogP contribution in [-0.2, 0) is 0 Å². The molecular weight excluding hydrogens is 380 g/mol. The molecule has 0 saturated carbocycles. The second kappa shape index (κ2) is 8.24. The standard InChI is InChI=1S/C22H16N6O2/c1-14-11-20(28-30-14)27-22(29)18-12-19(24-17-9-7-15(13-23)8-10-17)26-21(25-18)16-5-3-2-4-6-16/h2-12H,1H3,(H,24,25,26)(H,27,28,29). The first-order valence-electron chi connectivity index (χ1n) is 9.07. The van der Waals surface area contributed by atoms with Crippen LogP contribution in [0.2, 0.25) is 0 Å². The number of aryl methyl sites for hydroxylation is 1. The molecule has 146 valence electrons. The van der Waals surface area contributed by atoms with E-state index < -0.39 is 5.91 Å². The van der Waals surface area contributed by atoms with Gasteiger partial charge in [-0.1, -0.05) is 35.5 Å². The smallest absolute Gasteiger partial charge is 0.275 e. The largest absolute Gasteiger partial charge is 0.360 e. The van der Waals surface area contributed by atoms with Crippen molar-refractivity contribution < 1.29 is 9.32 Å². The van der Waals surface area contributed by atoms with Crippen LogP contribution in [0.25, 0.3) is 11.4 Å². The molecule has 2 aromatic carbocycles. The summed E-state index contributed by atoms with van der Waals surface area (Å²) in [5, 5.41) is 18.5. The molecule has 0 aliphatic rings. The summed E-state index contributed by atoms with van der Waals surface area (Å²) in [4.78, 5) is 21.7. The highest BCUT2D eigenvalue weighted by Crippen LogP contribution is 2.22. The van der Waals surface area contributed by atoms with Crippen molar-refractivity contribution in [3.05, 3.63) is 83.7 Å². The average molecular weight is 396 g/mol. The molecule has 2 heterocycles. The molecule has 0 aliphatic heterocycles. The zero-order chi connectivity index (χ0) is 20.9. The molecule has 8 heteroatoms. The number of anilines is 3. The van der Waals surface area contributed by atoms with Crippen LogP contribution in [0.15, 0.2) is 71.3 Å². The Morgan fingerprint density at radius 1 is 1.00 bits per heavy atom. The zero-order valence-corrected chi connectivity index (χ0v) is 16.0. The van der Waals surface area contributed by atoms with Gasteiger partial charge in [-0.3, -0.25) is 4.79 Å². The van der Waals surface area contributed by atoms with E-state index in [4.69, 9.17) is 9.78 Å². The summed E-state index contributed by atoms with van der Waals surface area (Å²) in [6.45, 7) is 1.74. The molecule has 2 aromatic heterocycles. The Kier molecular flexibility index (Phi) is 5.17. The number of hydrogen-bond acceptors (Lipinski definition) is 7.